The fraction of sp³-hybridized carbons (Fsp3) is 0.355. The van der Waals surface area contributed by atoms with Crippen LogP contribution < -0.4 is 9.62 Å². The first-order valence-corrected chi connectivity index (χ1v) is 14.8. The first-order valence-electron chi connectivity index (χ1n) is 13.4. The fourth-order valence-corrected chi connectivity index (χ4v) is 5.85. The van der Waals surface area contributed by atoms with Crippen LogP contribution in [-0.4, -0.2) is 43.8 Å². The summed E-state index contributed by atoms with van der Waals surface area (Å²) in [5.41, 5.74) is 3.32. The van der Waals surface area contributed by atoms with E-state index in [9.17, 15) is 18.0 Å². The zero-order chi connectivity index (χ0) is 28.6. The maximum Gasteiger partial charge on any atom is 0.264 e. The summed E-state index contributed by atoms with van der Waals surface area (Å²) in [6.45, 7) is 9.30. The highest BCUT2D eigenvalue weighted by Gasteiger charge is 2.34. The van der Waals surface area contributed by atoms with Crippen molar-refractivity contribution >= 4 is 27.5 Å². The molecule has 3 aromatic rings. The Morgan fingerprint density at radius 3 is 2.05 bits per heavy atom. The molecule has 3 rings (SSSR count). The van der Waals surface area contributed by atoms with E-state index in [1.165, 1.54) is 17.0 Å². The van der Waals surface area contributed by atoms with Gasteiger partial charge in [-0.15, -0.1) is 0 Å². The zero-order valence-electron chi connectivity index (χ0n) is 23.4. The summed E-state index contributed by atoms with van der Waals surface area (Å²) in [7, 11) is -4.07. The Morgan fingerprint density at radius 2 is 1.49 bits per heavy atom. The Morgan fingerprint density at radius 1 is 0.872 bits per heavy atom. The standard InChI is InChI=1S/C31H39N3O4S/c1-6-25-17-19-27(20-18-25)34(39(37,38)28-15-9-8-10-16-28)22-30(35)33(21-26-14-12-11-13-24(26)5)29(7-2)31(36)32-23(3)4/h8-20,23,29H,6-7,21-22H2,1-5H3,(H,32,36). The molecule has 2 amide bonds. The number of aryl methyl sites for hydroxylation is 2. The molecule has 0 aliphatic rings. The minimum Gasteiger partial charge on any atom is -0.352 e. The summed E-state index contributed by atoms with van der Waals surface area (Å²) in [4.78, 5) is 28.9. The maximum absolute atomic E-state index is 14.1. The van der Waals surface area contributed by atoms with Gasteiger partial charge in [-0.2, -0.15) is 0 Å². The molecule has 39 heavy (non-hydrogen) atoms. The molecule has 1 N–H and O–H groups in total. The maximum atomic E-state index is 14.1. The predicted molar refractivity (Wildman–Crippen MR) is 156 cm³/mol. The summed E-state index contributed by atoms with van der Waals surface area (Å²) >= 11 is 0. The number of sulfonamides is 1. The molecule has 0 heterocycles. The Bertz CT molecular complexity index is 1360. The number of anilines is 1. The minimum absolute atomic E-state index is 0.0902. The molecule has 1 unspecified atom stereocenters. The van der Waals surface area contributed by atoms with E-state index in [1.54, 1.807) is 30.3 Å². The lowest BCUT2D eigenvalue weighted by atomic mass is 10.1. The van der Waals surface area contributed by atoms with Gasteiger partial charge in [0.15, 0.2) is 0 Å². The molecular weight excluding hydrogens is 510 g/mol. The molecule has 1 atom stereocenters. The van der Waals surface area contributed by atoms with E-state index in [0.29, 0.717) is 12.1 Å². The van der Waals surface area contributed by atoms with Gasteiger partial charge in [0.05, 0.1) is 10.6 Å². The highest BCUT2D eigenvalue weighted by molar-refractivity contribution is 7.92. The number of nitrogens with one attached hydrogen (secondary N) is 1. The number of hydrogen-bond acceptors (Lipinski definition) is 4. The van der Waals surface area contributed by atoms with E-state index >= 15 is 0 Å². The van der Waals surface area contributed by atoms with Gasteiger partial charge in [0, 0.05) is 12.6 Å². The number of rotatable bonds is 12. The van der Waals surface area contributed by atoms with Crippen molar-refractivity contribution < 1.29 is 18.0 Å². The Labute approximate surface area is 232 Å². The van der Waals surface area contributed by atoms with E-state index in [-0.39, 0.29) is 23.4 Å². The van der Waals surface area contributed by atoms with Crippen LogP contribution in [-0.2, 0) is 32.6 Å². The van der Waals surface area contributed by atoms with Crippen molar-refractivity contribution in [3.63, 3.8) is 0 Å². The molecular formula is C31H39N3O4S. The van der Waals surface area contributed by atoms with Crippen molar-refractivity contribution in [2.75, 3.05) is 10.8 Å². The molecule has 3 aromatic carbocycles. The van der Waals surface area contributed by atoms with Crippen LogP contribution in [0.3, 0.4) is 0 Å². The normalized spacial score (nSPS) is 12.2. The van der Waals surface area contributed by atoms with E-state index in [4.69, 9.17) is 0 Å². The topological polar surface area (TPSA) is 86.8 Å². The van der Waals surface area contributed by atoms with Crippen LogP contribution in [0, 0.1) is 6.92 Å². The Hall–Kier alpha value is -3.65. The third-order valence-electron chi connectivity index (χ3n) is 6.66. The molecule has 0 fully saturated rings. The lowest BCUT2D eigenvalue weighted by Gasteiger charge is -2.34. The molecule has 0 radical (unpaired) electrons. The highest BCUT2D eigenvalue weighted by Crippen LogP contribution is 2.25. The average Bonchev–Trinajstić information content (AvgIpc) is 2.92. The van der Waals surface area contributed by atoms with Gasteiger partial charge in [0.2, 0.25) is 11.8 Å². The van der Waals surface area contributed by atoms with Crippen molar-refractivity contribution in [2.45, 2.75) is 71.0 Å². The number of nitrogens with zero attached hydrogens (tertiary/aromatic N) is 2. The number of hydrogen-bond donors (Lipinski definition) is 1. The van der Waals surface area contributed by atoms with Crippen LogP contribution >= 0.6 is 0 Å². The molecule has 0 aliphatic carbocycles. The van der Waals surface area contributed by atoms with Gasteiger partial charge in [-0.3, -0.25) is 13.9 Å². The summed E-state index contributed by atoms with van der Waals surface area (Å²) in [6.07, 6.45) is 1.19. The molecule has 0 saturated carbocycles. The van der Waals surface area contributed by atoms with Crippen LogP contribution in [0.1, 0.15) is 50.8 Å². The highest BCUT2D eigenvalue weighted by atomic mass is 32.2. The first-order chi connectivity index (χ1) is 18.6. The van der Waals surface area contributed by atoms with Crippen molar-refractivity contribution in [3.05, 3.63) is 95.6 Å². The van der Waals surface area contributed by atoms with Gasteiger partial charge in [-0.1, -0.05) is 68.4 Å². The molecule has 0 saturated heterocycles. The van der Waals surface area contributed by atoms with Gasteiger partial charge in [0.1, 0.15) is 12.6 Å². The summed E-state index contributed by atoms with van der Waals surface area (Å²) in [5.74, 6) is -0.720. The second-order valence-electron chi connectivity index (χ2n) is 9.88. The van der Waals surface area contributed by atoms with Crippen LogP contribution in [0.25, 0.3) is 0 Å². The quantitative estimate of drug-likeness (QED) is 0.341. The molecule has 0 bridgehead atoms. The lowest BCUT2D eigenvalue weighted by molar-refractivity contribution is -0.140. The molecule has 0 aromatic heterocycles. The van der Waals surface area contributed by atoms with E-state index in [0.717, 1.165) is 27.4 Å². The van der Waals surface area contributed by atoms with Gasteiger partial charge in [-0.05, 0) is 74.6 Å². The molecule has 7 nitrogen and oxygen atoms in total. The summed E-state index contributed by atoms with van der Waals surface area (Å²) in [6, 6.07) is 22.1. The van der Waals surface area contributed by atoms with Crippen molar-refractivity contribution in [1.29, 1.82) is 0 Å². The van der Waals surface area contributed by atoms with Gasteiger partial charge in [-0.25, -0.2) is 8.42 Å². The average molecular weight is 550 g/mol. The summed E-state index contributed by atoms with van der Waals surface area (Å²) < 4.78 is 28.8. The summed E-state index contributed by atoms with van der Waals surface area (Å²) in [5, 5.41) is 2.92. The number of benzene rings is 3. The van der Waals surface area contributed by atoms with Crippen molar-refractivity contribution in [1.82, 2.24) is 10.2 Å². The van der Waals surface area contributed by atoms with E-state index < -0.39 is 28.5 Å². The largest absolute Gasteiger partial charge is 0.352 e. The number of carbonyl (C=O) groups excluding carboxylic acids is 2. The van der Waals surface area contributed by atoms with E-state index in [2.05, 4.69) is 5.32 Å². The van der Waals surface area contributed by atoms with Gasteiger partial charge in [0.25, 0.3) is 10.0 Å². The molecule has 0 aliphatic heterocycles. The van der Waals surface area contributed by atoms with Crippen molar-refractivity contribution in [3.8, 4) is 0 Å². The molecule has 208 valence electrons. The Balaban J connectivity index is 2.06. The number of amides is 2. The van der Waals surface area contributed by atoms with Gasteiger partial charge < -0.3 is 10.2 Å². The van der Waals surface area contributed by atoms with Gasteiger partial charge >= 0.3 is 0 Å². The molecule has 0 spiro atoms. The van der Waals surface area contributed by atoms with E-state index in [1.807, 2.05) is 71.0 Å². The Kier molecular flexibility index (Phi) is 10.3. The monoisotopic (exact) mass is 549 g/mol. The van der Waals surface area contributed by atoms with Crippen molar-refractivity contribution in [2.24, 2.45) is 0 Å². The SMILES string of the molecule is CCc1ccc(N(CC(=O)N(Cc2ccccc2C)C(CC)C(=O)NC(C)C)S(=O)(=O)c2ccccc2)cc1. The smallest absolute Gasteiger partial charge is 0.264 e. The second-order valence-corrected chi connectivity index (χ2v) is 11.7. The number of carbonyl (C=O) groups is 2. The first kappa shape index (κ1) is 29.9. The predicted octanol–water partition coefficient (Wildman–Crippen LogP) is 5.08. The van der Waals surface area contributed by atoms with Crippen LogP contribution in [0.5, 0.6) is 0 Å². The molecule has 8 heteroatoms. The third kappa shape index (κ3) is 7.47. The second kappa shape index (κ2) is 13.4. The fourth-order valence-electron chi connectivity index (χ4n) is 4.42. The third-order valence-corrected chi connectivity index (χ3v) is 8.45. The minimum atomic E-state index is -4.07. The van der Waals surface area contributed by atoms with Crippen LogP contribution in [0.2, 0.25) is 0 Å². The van der Waals surface area contributed by atoms with Crippen LogP contribution in [0.15, 0.2) is 83.8 Å². The zero-order valence-corrected chi connectivity index (χ0v) is 24.2. The lowest BCUT2D eigenvalue weighted by Crippen LogP contribution is -2.53. The van der Waals surface area contributed by atoms with Crippen LogP contribution in [0.4, 0.5) is 5.69 Å².